The molecule has 0 aliphatic rings. The molecular formula is C18H15ClN4O4. The van der Waals surface area contributed by atoms with Crippen molar-refractivity contribution in [1.29, 1.82) is 0 Å². The number of tetrazole rings is 1. The zero-order valence-corrected chi connectivity index (χ0v) is 15.1. The molecule has 0 saturated heterocycles. The SMILES string of the molecule is COc1ccccc1C(=O)COC(=O)Cn1nnc(-c2ccc(Cl)cc2)n1. The van der Waals surface area contributed by atoms with E-state index in [2.05, 4.69) is 15.4 Å². The monoisotopic (exact) mass is 386 g/mol. The fraction of sp³-hybridized carbons (Fsp3) is 0.167. The number of hydrogen-bond acceptors (Lipinski definition) is 7. The third kappa shape index (κ3) is 4.68. The lowest BCUT2D eigenvalue weighted by molar-refractivity contribution is -0.143. The second-order valence-corrected chi connectivity index (χ2v) is 5.87. The number of Topliss-reactive ketones (excluding diaryl/α,β-unsaturated/α-hetero) is 1. The van der Waals surface area contributed by atoms with Crippen molar-refractivity contribution in [2.75, 3.05) is 13.7 Å². The van der Waals surface area contributed by atoms with E-state index in [1.807, 2.05) is 0 Å². The van der Waals surface area contributed by atoms with Gasteiger partial charge < -0.3 is 9.47 Å². The number of esters is 1. The van der Waals surface area contributed by atoms with Crippen molar-refractivity contribution in [2.24, 2.45) is 0 Å². The number of carbonyl (C=O) groups is 2. The van der Waals surface area contributed by atoms with Crippen molar-refractivity contribution in [3.63, 3.8) is 0 Å². The smallest absolute Gasteiger partial charge is 0.330 e. The lowest BCUT2D eigenvalue weighted by Crippen LogP contribution is -2.20. The quantitative estimate of drug-likeness (QED) is 0.454. The Bertz CT molecular complexity index is 956. The number of hydrogen-bond donors (Lipinski definition) is 0. The molecule has 0 aliphatic heterocycles. The van der Waals surface area contributed by atoms with E-state index in [4.69, 9.17) is 21.1 Å². The molecule has 0 atom stereocenters. The van der Waals surface area contributed by atoms with E-state index >= 15 is 0 Å². The molecule has 0 spiro atoms. The van der Waals surface area contributed by atoms with E-state index in [0.717, 1.165) is 4.80 Å². The molecule has 0 unspecified atom stereocenters. The van der Waals surface area contributed by atoms with Crippen molar-refractivity contribution >= 4 is 23.4 Å². The maximum atomic E-state index is 12.2. The van der Waals surface area contributed by atoms with E-state index in [0.29, 0.717) is 27.7 Å². The molecule has 8 nitrogen and oxygen atoms in total. The second-order valence-electron chi connectivity index (χ2n) is 5.43. The van der Waals surface area contributed by atoms with Gasteiger partial charge in [-0.25, -0.2) is 4.79 Å². The number of aromatic nitrogens is 4. The molecule has 1 aromatic heterocycles. The average Bonchev–Trinajstić information content (AvgIpc) is 3.15. The first-order valence-electron chi connectivity index (χ1n) is 7.92. The topological polar surface area (TPSA) is 96.2 Å². The first-order chi connectivity index (χ1) is 13.1. The number of methoxy groups -OCH3 is 1. The summed E-state index contributed by atoms with van der Waals surface area (Å²) >= 11 is 5.84. The summed E-state index contributed by atoms with van der Waals surface area (Å²) in [5, 5.41) is 12.4. The molecule has 27 heavy (non-hydrogen) atoms. The molecule has 9 heteroatoms. The Balaban J connectivity index is 1.57. The van der Waals surface area contributed by atoms with Crippen LogP contribution in [0.1, 0.15) is 10.4 Å². The zero-order chi connectivity index (χ0) is 19.2. The molecule has 0 amide bonds. The highest BCUT2D eigenvalue weighted by atomic mass is 35.5. The summed E-state index contributed by atoms with van der Waals surface area (Å²) in [4.78, 5) is 25.2. The fourth-order valence-corrected chi connectivity index (χ4v) is 2.41. The lowest BCUT2D eigenvalue weighted by atomic mass is 10.1. The number of para-hydroxylation sites is 1. The Labute approximate surface area is 159 Å². The van der Waals surface area contributed by atoms with Crippen molar-refractivity contribution in [3.05, 3.63) is 59.1 Å². The maximum absolute atomic E-state index is 12.2. The fourth-order valence-electron chi connectivity index (χ4n) is 2.28. The predicted molar refractivity (Wildman–Crippen MR) is 96.5 cm³/mol. The van der Waals surface area contributed by atoms with Crippen LogP contribution < -0.4 is 4.74 Å². The van der Waals surface area contributed by atoms with E-state index in [1.165, 1.54) is 7.11 Å². The molecule has 0 fully saturated rings. The summed E-state index contributed by atoms with van der Waals surface area (Å²) in [6, 6.07) is 13.6. The minimum atomic E-state index is -0.654. The largest absolute Gasteiger partial charge is 0.496 e. The highest BCUT2D eigenvalue weighted by molar-refractivity contribution is 6.30. The first-order valence-corrected chi connectivity index (χ1v) is 8.30. The Hall–Kier alpha value is -3.26. The van der Waals surface area contributed by atoms with Crippen LogP contribution in [-0.2, 0) is 16.1 Å². The number of halogens is 1. The van der Waals surface area contributed by atoms with Gasteiger partial charge in [-0.2, -0.15) is 4.80 Å². The molecule has 0 aliphatic carbocycles. The minimum absolute atomic E-state index is 0.264. The number of ether oxygens (including phenoxy) is 2. The molecule has 0 bridgehead atoms. The summed E-state index contributed by atoms with van der Waals surface area (Å²) in [6.07, 6.45) is 0. The van der Waals surface area contributed by atoms with Gasteiger partial charge in [-0.1, -0.05) is 23.7 Å². The van der Waals surface area contributed by atoms with Crippen LogP contribution in [0.15, 0.2) is 48.5 Å². The van der Waals surface area contributed by atoms with Gasteiger partial charge in [0.1, 0.15) is 5.75 Å². The maximum Gasteiger partial charge on any atom is 0.330 e. The predicted octanol–water partition coefficient (Wildman–Crippen LogP) is 2.43. The molecule has 138 valence electrons. The Morgan fingerprint density at radius 3 is 2.59 bits per heavy atom. The molecule has 2 aromatic carbocycles. The normalized spacial score (nSPS) is 10.4. The third-order valence-electron chi connectivity index (χ3n) is 3.60. The number of carbonyl (C=O) groups excluding carboxylic acids is 2. The van der Waals surface area contributed by atoms with Gasteiger partial charge in [0, 0.05) is 10.6 Å². The van der Waals surface area contributed by atoms with Crippen molar-refractivity contribution in [2.45, 2.75) is 6.54 Å². The van der Waals surface area contributed by atoms with Crippen LogP contribution >= 0.6 is 11.6 Å². The van der Waals surface area contributed by atoms with Gasteiger partial charge in [0.2, 0.25) is 11.6 Å². The highest BCUT2D eigenvalue weighted by Crippen LogP contribution is 2.18. The van der Waals surface area contributed by atoms with Gasteiger partial charge >= 0.3 is 5.97 Å². The van der Waals surface area contributed by atoms with Crippen molar-refractivity contribution in [3.8, 4) is 17.1 Å². The van der Waals surface area contributed by atoms with E-state index in [9.17, 15) is 9.59 Å². The van der Waals surface area contributed by atoms with Gasteiger partial charge in [-0.05, 0) is 41.6 Å². The average molecular weight is 387 g/mol. The van der Waals surface area contributed by atoms with E-state index in [-0.39, 0.29) is 12.3 Å². The zero-order valence-electron chi connectivity index (χ0n) is 14.3. The number of ketones is 1. The highest BCUT2D eigenvalue weighted by Gasteiger charge is 2.15. The van der Waals surface area contributed by atoms with E-state index in [1.54, 1.807) is 48.5 Å². The molecule has 0 N–H and O–H groups in total. The standard InChI is InChI=1S/C18H15ClN4O4/c1-26-16-5-3-2-4-14(16)15(24)11-27-17(25)10-23-21-18(20-22-23)12-6-8-13(19)9-7-12/h2-9H,10-11H2,1H3. The molecule has 3 rings (SSSR count). The first kappa shape index (κ1) is 18.5. The second kappa shape index (κ2) is 8.41. The van der Waals surface area contributed by atoms with Crippen LogP contribution in [0.25, 0.3) is 11.4 Å². The Morgan fingerprint density at radius 1 is 1.11 bits per heavy atom. The van der Waals surface area contributed by atoms with Gasteiger partial charge in [0.25, 0.3) is 0 Å². The van der Waals surface area contributed by atoms with Gasteiger partial charge in [0.15, 0.2) is 13.2 Å². The van der Waals surface area contributed by atoms with Crippen molar-refractivity contribution in [1.82, 2.24) is 20.2 Å². The summed E-state index contributed by atoms with van der Waals surface area (Å²) in [5.41, 5.74) is 1.06. The Kier molecular flexibility index (Phi) is 5.77. The summed E-state index contributed by atoms with van der Waals surface area (Å²) < 4.78 is 10.1. The number of nitrogens with zero attached hydrogens (tertiary/aromatic N) is 4. The summed E-state index contributed by atoms with van der Waals surface area (Å²) in [7, 11) is 1.47. The molecular weight excluding hydrogens is 372 g/mol. The Morgan fingerprint density at radius 2 is 1.85 bits per heavy atom. The van der Waals surface area contributed by atoms with Gasteiger partial charge in [-0.3, -0.25) is 4.79 Å². The number of rotatable bonds is 7. The van der Waals surface area contributed by atoms with Crippen LogP contribution in [0.2, 0.25) is 5.02 Å². The summed E-state index contributed by atoms with van der Waals surface area (Å²) in [6.45, 7) is -0.669. The molecule has 0 saturated carbocycles. The minimum Gasteiger partial charge on any atom is -0.496 e. The molecule has 3 aromatic rings. The van der Waals surface area contributed by atoms with Crippen LogP contribution in [0.5, 0.6) is 5.75 Å². The van der Waals surface area contributed by atoms with Gasteiger partial charge in [-0.15, -0.1) is 10.2 Å². The van der Waals surface area contributed by atoms with E-state index < -0.39 is 12.6 Å². The van der Waals surface area contributed by atoms with Crippen LogP contribution in [0, 0.1) is 0 Å². The summed E-state index contributed by atoms with van der Waals surface area (Å²) in [5.74, 6) is -0.249. The van der Waals surface area contributed by atoms with Crippen LogP contribution in [0.4, 0.5) is 0 Å². The molecule has 0 radical (unpaired) electrons. The van der Waals surface area contributed by atoms with Gasteiger partial charge in [0.05, 0.1) is 12.7 Å². The lowest BCUT2D eigenvalue weighted by Gasteiger charge is -2.07. The third-order valence-corrected chi connectivity index (χ3v) is 3.85. The number of benzene rings is 2. The van der Waals surface area contributed by atoms with Crippen LogP contribution in [0.3, 0.4) is 0 Å². The van der Waals surface area contributed by atoms with Crippen LogP contribution in [-0.4, -0.2) is 45.7 Å². The molecule has 1 heterocycles. The van der Waals surface area contributed by atoms with Crippen molar-refractivity contribution < 1.29 is 19.1 Å².